The molecule has 0 spiro atoms. The minimum atomic E-state index is -0.544. The van der Waals surface area contributed by atoms with Gasteiger partial charge in [-0.25, -0.2) is 4.79 Å². The van der Waals surface area contributed by atoms with E-state index >= 15 is 0 Å². The molecule has 0 unspecified atom stereocenters. The number of fused-ring (bicyclic) bond motifs is 1. The highest BCUT2D eigenvalue weighted by molar-refractivity contribution is 8.14. The Morgan fingerprint density at radius 2 is 2.07 bits per heavy atom. The summed E-state index contributed by atoms with van der Waals surface area (Å²) in [5.41, 5.74) is 0.271. The number of aliphatic imine (C=N–C) groups is 1. The van der Waals surface area contributed by atoms with Crippen molar-refractivity contribution in [3.63, 3.8) is 0 Å². The lowest BCUT2D eigenvalue weighted by molar-refractivity contribution is 0.294. The molecular weight excluding hydrogens is 447 g/mol. The van der Waals surface area contributed by atoms with Gasteiger partial charge in [0.2, 0.25) is 0 Å². The number of amidine groups is 1. The highest BCUT2D eigenvalue weighted by atomic mass is 35.5. The van der Waals surface area contributed by atoms with Crippen LogP contribution in [0.25, 0.3) is 10.9 Å². The molecule has 10 heteroatoms. The lowest BCUT2D eigenvalue weighted by Crippen LogP contribution is -2.32. The number of nitrogens with one attached hydrogen (secondary N) is 2. The number of benzene rings is 2. The van der Waals surface area contributed by atoms with Crippen LogP contribution in [0.2, 0.25) is 10.0 Å². The number of thioether (sulfide) groups is 1. The molecule has 0 bridgehead atoms. The number of halogens is 2. The highest BCUT2D eigenvalue weighted by Gasteiger charge is 2.13. The van der Waals surface area contributed by atoms with Gasteiger partial charge in [-0.05, 0) is 18.2 Å². The van der Waals surface area contributed by atoms with Crippen molar-refractivity contribution < 1.29 is 4.74 Å². The monoisotopic (exact) mass is 464 g/mol. The molecular formula is C20H18Cl2N4O3S. The lowest BCUT2D eigenvalue weighted by Gasteiger charge is -2.14. The van der Waals surface area contributed by atoms with E-state index in [0.717, 1.165) is 23.0 Å². The number of aromatic nitrogens is 2. The normalized spacial score (nSPS) is 13.5. The van der Waals surface area contributed by atoms with Crippen molar-refractivity contribution in [3.8, 4) is 5.75 Å². The Morgan fingerprint density at radius 1 is 1.23 bits per heavy atom. The van der Waals surface area contributed by atoms with Crippen molar-refractivity contribution >= 4 is 51.0 Å². The van der Waals surface area contributed by atoms with Gasteiger partial charge in [0.25, 0.3) is 5.56 Å². The van der Waals surface area contributed by atoms with E-state index in [9.17, 15) is 9.59 Å². The molecule has 4 rings (SSSR count). The summed E-state index contributed by atoms with van der Waals surface area (Å²) in [6.07, 6.45) is 0. The Bertz CT molecular complexity index is 1240. The lowest BCUT2D eigenvalue weighted by atomic mass is 10.2. The van der Waals surface area contributed by atoms with Crippen LogP contribution in [0.15, 0.2) is 51.0 Å². The van der Waals surface area contributed by atoms with E-state index in [2.05, 4.69) is 15.3 Å². The Morgan fingerprint density at radius 3 is 2.87 bits per heavy atom. The maximum Gasteiger partial charge on any atom is 0.328 e. The van der Waals surface area contributed by atoms with Crippen LogP contribution in [0.3, 0.4) is 0 Å². The molecule has 1 aliphatic rings. The zero-order valence-corrected chi connectivity index (χ0v) is 18.1. The van der Waals surface area contributed by atoms with Crippen LogP contribution < -0.4 is 21.3 Å². The van der Waals surface area contributed by atoms with Gasteiger partial charge in [0.15, 0.2) is 5.17 Å². The van der Waals surface area contributed by atoms with E-state index in [1.54, 1.807) is 17.8 Å². The molecule has 0 fully saturated rings. The van der Waals surface area contributed by atoms with Crippen LogP contribution in [0.5, 0.6) is 5.75 Å². The van der Waals surface area contributed by atoms with Gasteiger partial charge in [0.1, 0.15) is 12.4 Å². The summed E-state index contributed by atoms with van der Waals surface area (Å²) in [6.45, 7) is 1.86. The molecule has 0 saturated heterocycles. The summed E-state index contributed by atoms with van der Waals surface area (Å²) in [5.74, 6) is 1.71. The molecule has 156 valence electrons. The third-order valence-corrected chi connectivity index (χ3v) is 6.03. The average molecular weight is 465 g/mol. The van der Waals surface area contributed by atoms with Gasteiger partial charge in [-0.1, -0.05) is 53.2 Å². The second-order valence-electron chi connectivity index (χ2n) is 6.54. The number of hydrogen-bond acceptors (Lipinski definition) is 6. The zero-order valence-electron chi connectivity index (χ0n) is 15.8. The summed E-state index contributed by atoms with van der Waals surface area (Å²) < 4.78 is 7.35. The van der Waals surface area contributed by atoms with Gasteiger partial charge in [0, 0.05) is 22.9 Å². The van der Waals surface area contributed by atoms with Crippen LogP contribution in [0.4, 0.5) is 0 Å². The van der Waals surface area contributed by atoms with E-state index in [1.165, 1.54) is 10.6 Å². The van der Waals surface area contributed by atoms with Gasteiger partial charge < -0.3 is 10.1 Å². The summed E-state index contributed by atoms with van der Waals surface area (Å²) in [7, 11) is 0. The predicted octanol–water partition coefficient (Wildman–Crippen LogP) is 3.27. The number of ether oxygens (including phenoxy) is 1. The molecule has 2 heterocycles. The zero-order chi connectivity index (χ0) is 21.1. The quantitative estimate of drug-likeness (QED) is 0.584. The van der Waals surface area contributed by atoms with Crippen molar-refractivity contribution in [2.24, 2.45) is 4.99 Å². The maximum atomic E-state index is 12.4. The number of hydrogen-bond donors (Lipinski definition) is 2. The Labute approximate surface area is 186 Å². The number of para-hydroxylation sites is 1. The first-order chi connectivity index (χ1) is 14.5. The molecule has 0 atom stereocenters. The molecule has 0 amide bonds. The summed E-state index contributed by atoms with van der Waals surface area (Å²) in [6, 6.07) is 10.7. The molecule has 2 N–H and O–H groups in total. The van der Waals surface area contributed by atoms with Gasteiger partial charge in [-0.15, -0.1) is 0 Å². The van der Waals surface area contributed by atoms with Crippen molar-refractivity contribution in [1.82, 2.24) is 14.9 Å². The molecule has 30 heavy (non-hydrogen) atoms. The highest BCUT2D eigenvalue weighted by Crippen LogP contribution is 2.24. The molecule has 0 radical (unpaired) electrons. The Hall–Kier alpha value is -2.42. The SMILES string of the molecule is O=c1[nH]c(=O)n(CCOc2ccccc2CNC2=NCCS2)c2cc(Cl)cc(Cl)c12. The fourth-order valence-corrected chi connectivity index (χ4v) is 4.51. The molecule has 1 aliphatic heterocycles. The molecule has 0 saturated carbocycles. The fourth-order valence-electron chi connectivity index (χ4n) is 3.21. The number of nitrogens with zero attached hydrogens (tertiary/aromatic N) is 2. The smallest absolute Gasteiger partial charge is 0.328 e. The van der Waals surface area contributed by atoms with Crippen LogP contribution in [-0.2, 0) is 13.1 Å². The minimum Gasteiger partial charge on any atom is -0.491 e. The van der Waals surface area contributed by atoms with Crippen LogP contribution in [-0.4, -0.2) is 33.6 Å². The van der Waals surface area contributed by atoms with Gasteiger partial charge in [0.05, 0.1) is 29.0 Å². The summed E-state index contributed by atoms with van der Waals surface area (Å²) in [4.78, 5) is 31.2. The van der Waals surface area contributed by atoms with Crippen molar-refractivity contribution in [2.45, 2.75) is 13.1 Å². The van der Waals surface area contributed by atoms with E-state index in [-0.39, 0.29) is 23.6 Å². The molecule has 1 aromatic heterocycles. The molecule has 0 aliphatic carbocycles. The number of rotatable bonds is 6. The van der Waals surface area contributed by atoms with Gasteiger partial charge in [-0.3, -0.25) is 19.3 Å². The largest absolute Gasteiger partial charge is 0.491 e. The fraction of sp³-hybridized carbons (Fsp3) is 0.250. The second-order valence-corrected chi connectivity index (χ2v) is 8.46. The third kappa shape index (κ3) is 4.50. The van der Waals surface area contributed by atoms with E-state index in [0.29, 0.717) is 22.8 Å². The van der Waals surface area contributed by atoms with Crippen molar-refractivity contribution in [1.29, 1.82) is 0 Å². The summed E-state index contributed by atoms with van der Waals surface area (Å²) in [5, 5.41) is 5.00. The van der Waals surface area contributed by atoms with Crippen LogP contribution in [0.1, 0.15) is 5.56 Å². The van der Waals surface area contributed by atoms with E-state index in [4.69, 9.17) is 27.9 Å². The van der Waals surface area contributed by atoms with Crippen LogP contribution >= 0.6 is 35.0 Å². The standard InChI is InChI=1S/C20H18Cl2N4O3S/c21-13-9-14(22)17-15(10-13)26(20(28)25-18(17)27)6-7-29-16-4-2-1-3-12(16)11-24-19-23-5-8-30-19/h1-4,9-10H,5-8,11H2,(H,23,24)(H,25,27,28). The average Bonchev–Trinajstić information content (AvgIpc) is 3.22. The van der Waals surface area contributed by atoms with Gasteiger partial charge in [-0.2, -0.15) is 0 Å². The summed E-state index contributed by atoms with van der Waals surface area (Å²) >= 11 is 13.9. The molecule has 7 nitrogen and oxygen atoms in total. The first kappa shape index (κ1) is 20.8. The first-order valence-corrected chi connectivity index (χ1v) is 11.0. The van der Waals surface area contributed by atoms with Gasteiger partial charge >= 0.3 is 5.69 Å². The maximum absolute atomic E-state index is 12.4. The van der Waals surface area contributed by atoms with Crippen molar-refractivity contribution in [3.05, 3.63) is 72.8 Å². The Balaban J connectivity index is 1.52. The van der Waals surface area contributed by atoms with Crippen molar-refractivity contribution in [2.75, 3.05) is 18.9 Å². The van der Waals surface area contributed by atoms with Crippen LogP contribution in [0, 0.1) is 0 Å². The van der Waals surface area contributed by atoms with E-state index < -0.39 is 11.2 Å². The number of H-pyrrole nitrogens is 1. The second kappa shape index (κ2) is 9.16. The first-order valence-electron chi connectivity index (χ1n) is 9.26. The molecule has 2 aromatic carbocycles. The topological polar surface area (TPSA) is 88.5 Å². The molecule has 3 aromatic rings. The van der Waals surface area contributed by atoms with E-state index in [1.807, 2.05) is 24.3 Å². The predicted molar refractivity (Wildman–Crippen MR) is 122 cm³/mol. The minimum absolute atomic E-state index is 0.192. The Kier molecular flexibility index (Phi) is 6.36. The number of aromatic amines is 1. The third-order valence-electron chi connectivity index (χ3n) is 4.58.